The number of methoxy groups -OCH3 is 1. The fraction of sp³-hybridized carbons (Fsp3) is 0.278. The Balaban J connectivity index is 1.84. The van der Waals surface area contributed by atoms with Gasteiger partial charge in [0.25, 0.3) is 5.91 Å². The first-order valence-corrected chi connectivity index (χ1v) is 7.75. The molecule has 0 fully saturated rings. The highest BCUT2D eigenvalue weighted by molar-refractivity contribution is 6.00. The Kier molecular flexibility index (Phi) is 3.09. The third kappa shape index (κ3) is 1.92. The van der Waals surface area contributed by atoms with E-state index in [1.165, 1.54) is 13.2 Å². The van der Waals surface area contributed by atoms with Crippen LogP contribution in [0, 0.1) is 0 Å². The topological polar surface area (TPSA) is 90.2 Å². The number of fused-ring (bicyclic) bond motifs is 4. The largest absolute Gasteiger partial charge is 0.504 e. The van der Waals surface area contributed by atoms with Crippen LogP contribution in [0.25, 0.3) is 0 Å². The maximum atomic E-state index is 12.8. The van der Waals surface area contributed by atoms with Gasteiger partial charge in [-0.1, -0.05) is 6.07 Å². The van der Waals surface area contributed by atoms with Gasteiger partial charge in [0.2, 0.25) is 0 Å². The predicted octanol–water partition coefficient (Wildman–Crippen LogP) is 2.11. The van der Waals surface area contributed by atoms with Crippen LogP contribution in [0.4, 0.5) is 0 Å². The molecule has 1 atom stereocenters. The summed E-state index contributed by atoms with van der Waals surface area (Å²) < 4.78 is 5.16. The summed E-state index contributed by atoms with van der Waals surface area (Å²) >= 11 is 0. The van der Waals surface area contributed by atoms with Gasteiger partial charge in [0.1, 0.15) is 0 Å². The van der Waals surface area contributed by atoms with Gasteiger partial charge >= 0.3 is 0 Å². The second-order valence-electron chi connectivity index (χ2n) is 6.16. The summed E-state index contributed by atoms with van der Waals surface area (Å²) in [6.45, 7) is 0.513. The van der Waals surface area contributed by atoms with Gasteiger partial charge in [-0.3, -0.25) is 4.79 Å². The molecule has 0 radical (unpaired) electrons. The third-order valence-corrected chi connectivity index (χ3v) is 4.93. The van der Waals surface area contributed by atoms with Gasteiger partial charge < -0.3 is 25.0 Å². The SMILES string of the molecule is COc1cc2c(cc1O)[C@@H]1Cc3ccc(O)c(O)c3C(=O)N1CC2. The highest BCUT2D eigenvalue weighted by Crippen LogP contribution is 2.44. The second-order valence-corrected chi connectivity index (χ2v) is 6.16. The Morgan fingerprint density at radius 3 is 2.67 bits per heavy atom. The zero-order valence-electron chi connectivity index (χ0n) is 13.1. The minimum Gasteiger partial charge on any atom is -0.504 e. The van der Waals surface area contributed by atoms with E-state index >= 15 is 0 Å². The molecule has 2 aliphatic rings. The van der Waals surface area contributed by atoms with Gasteiger partial charge in [0.05, 0.1) is 18.7 Å². The molecule has 2 aromatic rings. The summed E-state index contributed by atoms with van der Waals surface area (Å²) in [5.74, 6) is -0.479. The summed E-state index contributed by atoms with van der Waals surface area (Å²) in [5.41, 5.74) is 2.81. The van der Waals surface area contributed by atoms with Crippen molar-refractivity contribution in [2.45, 2.75) is 18.9 Å². The Morgan fingerprint density at radius 1 is 1.12 bits per heavy atom. The summed E-state index contributed by atoms with van der Waals surface area (Å²) in [5, 5.41) is 29.8. The minimum atomic E-state index is -0.362. The number of aromatic hydroxyl groups is 3. The van der Waals surface area contributed by atoms with E-state index in [1.807, 2.05) is 6.07 Å². The monoisotopic (exact) mass is 327 g/mol. The molecule has 0 bridgehead atoms. The van der Waals surface area contributed by atoms with E-state index in [4.69, 9.17) is 4.74 Å². The molecular weight excluding hydrogens is 310 g/mol. The van der Waals surface area contributed by atoms with Crippen LogP contribution in [0.3, 0.4) is 0 Å². The summed E-state index contributed by atoms with van der Waals surface area (Å²) in [6, 6.07) is 6.33. The van der Waals surface area contributed by atoms with E-state index in [9.17, 15) is 20.1 Å². The van der Waals surface area contributed by atoms with Crippen LogP contribution in [0.15, 0.2) is 24.3 Å². The number of carbonyl (C=O) groups is 1. The molecule has 6 heteroatoms. The van der Waals surface area contributed by atoms with Gasteiger partial charge in [-0.2, -0.15) is 0 Å². The van der Waals surface area contributed by atoms with E-state index < -0.39 is 0 Å². The van der Waals surface area contributed by atoms with Gasteiger partial charge in [-0.25, -0.2) is 0 Å². The Hall–Kier alpha value is -2.89. The standard InChI is InChI=1S/C18H17NO5/c1-24-15-7-9-4-5-19-12(11(9)8-14(15)21)6-10-2-3-13(20)17(22)16(10)18(19)23/h2-3,7-8,12,20-22H,4-6H2,1H3/t12-/m0/s1. The second kappa shape index (κ2) is 5.06. The van der Waals surface area contributed by atoms with Crippen LogP contribution in [0.1, 0.15) is 33.1 Å². The van der Waals surface area contributed by atoms with E-state index in [0.29, 0.717) is 30.7 Å². The summed E-state index contributed by atoms with van der Waals surface area (Å²) in [7, 11) is 1.51. The lowest BCUT2D eigenvalue weighted by atomic mass is 9.83. The van der Waals surface area contributed by atoms with E-state index in [0.717, 1.165) is 11.1 Å². The number of carbonyl (C=O) groups excluding carboxylic acids is 1. The molecule has 24 heavy (non-hydrogen) atoms. The van der Waals surface area contributed by atoms with Crippen molar-refractivity contribution in [2.75, 3.05) is 13.7 Å². The average molecular weight is 327 g/mol. The molecule has 2 heterocycles. The zero-order valence-corrected chi connectivity index (χ0v) is 13.1. The Morgan fingerprint density at radius 2 is 1.92 bits per heavy atom. The molecular formula is C18H17NO5. The fourth-order valence-corrected chi connectivity index (χ4v) is 3.73. The molecule has 4 rings (SSSR count). The van der Waals surface area contributed by atoms with Crippen molar-refractivity contribution in [3.63, 3.8) is 0 Å². The molecule has 2 aromatic carbocycles. The van der Waals surface area contributed by atoms with Crippen LogP contribution < -0.4 is 4.74 Å². The number of phenolic OH excluding ortho intramolecular Hbond substituents is 3. The molecule has 0 saturated carbocycles. The number of benzene rings is 2. The minimum absolute atomic E-state index is 0.0462. The molecule has 0 aliphatic carbocycles. The summed E-state index contributed by atoms with van der Waals surface area (Å²) in [4.78, 5) is 14.5. The number of nitrogens with zero attached hydrogens (tertiary/aromatic N) is 1. The summed E-state index contributed by atoms with van der Waals surface area (Å²) in [6.07, 6.45) is 1.16. The number of phenols is 3. The number of amides is 1. The highest BCUT2D eigenvalue weighted by Gasteiger charge is 2.39. The van der Waals surface area contributed by atoms with Crippen LogP contribution in [-0.2, 0) is 12.8 Å². The number of hydrogen-bond donors (Lipinski definition) is 3. The van der Waals surface area contributed by atoms with Gasteiger partial charge in [-0.05, 0) is 47.7 Å². The number of ether oxygens (including phenoxy) is 1. The first-order chi connectivity index (χ1) is 11.5. The van der Waals surface area contributed by atoms with Crippen molar-refractivity contribution in [2.24, 2.45) is 0 Å². The van der Waals surface area contributed by atoms with Gasteiger partial charge in [0, 0.05) is 6.54 Å². The lowest BCUT2D eigenvalue weighted by Gasteiger charge is -2.41. The lowest BCUT2D eigenvalue weighted by Crippen LogP contribution is -2.44. The van der Waals surface area contributed by atoms with Gasteiger partial charge in [0.15, 0.2) is 23.0 Å². The van der Waals surface area contributed by atoms with Crippen molar-refractivity contribution in [1.29, 1.82) is 0 Å². The molecule has 0 aromatic heterocycles. The van der Waals surface area contributed by atoms with Crippen molar-refractivity contribution < 1.29 is 24.9 Å². The highest BCUT2D eigenvalue weighted by atomic mass is 16.5. The first-order valence-electron chi connectivity index (χ1n) is 7.75. The molecule has 6 nitrogen and oxygen atoms in total. The third-order valence-electron chi connectivity index (χ3n) is 4.93. The van der Waals surface area contributed by atoms with E-state index in [-0.39, 0.29) is 34.8 Å². The van der Waals surface area contributed by atoms with Crippen LogP contribution in [0.5, 0.6) is 23.0 Å². The molecule has 1 amide bonds. The Labute approximate surface area is 138 Å². The number of rotatable bonds is 1. The van der Waals surface area contributed by atoms with Crippen LogP contribution in [0.2, 0.25) is 0 Å². The fourth-order valence-electron chi connectivity index (χ4n) is 3.73. The molecule has 0 unspecified atom stereocenters. The smallest absolute Gasteiger partial charge is 0.258 e. The van der Waals surface area contributed by atoms with Crippen molar-refractivity contribution in [3.05, 3.63) is 46.5 Å². The van der Waals surface area contributed by atoms with Crippen molar-refractivity contribution >= 4 is 5.91 Å². The normalized spacial score (nSPS) is 18.6. The molecule has 0 spiro atoms. The number of hydrogen-bond acceptors (Lipinski definition) is 5. The maximum absolute atomic E-state index is 12.8. The first kappa shape index (κ1) is 14.7. The van der Waals surface area contributed by atoms with Gasteiger partial charge in [-0.15, -0.1) is 0 Å². The van der Waals surface area contributed by atoms with E-state index in [1.54, 1.807) is 17.0 Å². The Bertz CT molecular complexity index is 861. The average Bonchev–Trinajstić information content (AvgIpc) is 2.57. The van der Waals surface area contributed by atoms with Crippen LogP contribution >= 0.6 is 0 Å². The van der Waals surface area contributed by atoms with Crippen LogP contribution in [-0.4, -0.2) is 39.8 Å². The molecule has 0 saturated heterocycles. The predicted molar refractivity (Wildman–Crippen MR) is 85.6 cm³/mol. The molecule has 2 aliphatic heterocycles. The lowest BCUT2D eigenvalue weighted by molar-refractivity contribution is 0.0626. The van der Waals surface area contributed by atoms with E-state index in [2.05, 4.69) is 0 Å². The van der Waals surface area contributed by atoms with Crippen molar-refractivity contribution in [1.82, 2.24) is 4.90 Å². The molecule has 124 valence electrons. The quantitative estimate of drug-likeness (QED) is 0.698. The zero-order chi connectivity index (χ0) is 17.0. The maximum Gasteiger partial charge on any atom is 0.258 e. The molecule has 3 N–H and O–H groups in total. The van der Waals surface area contributed by atoms with Crippen molar-refractivity contribution in [3.8, 4) is 23.0 Å².